The van der Waals surface area contributed by atoms with E-state index in [0.29, 0.717) is 11.4 Å². The summed E-state index contributed by atoms with van der Waals surface area (Å²) >= 11 is 0. The average molecular weight is 818 g/mol. The van der Waals surface area contributed by atoms with Crippen LogP contribution in [-0.2, 0) is 0 Å². The minimum absolute atomic E-state index is 0.606. The van der Waals surface area contributed by atoms with Crippen molar-refractivity contribution in [2.45, 2.75) is 0 Å². The fourth-order valence-corrected chi connectivity index (χ4v) is 8.72. The number of hydrogen-bond donors (Lipinski definition) is 0. The first-order valence-corrected chi connectivity index (χ1v) is 21.4. The van der Waals surface area contributed by atoms with E-state index in [0.717, 1.165) is 94.9 Å². The van der Waals surface area contributed by atoms with Crippen molar-refractivity contribution >= 4 is 38.9 Å². The summed E-state index contributed by atoms with van der Waals surface area (Å²) in [5.74, 6) is 0.697. The van der Waals surface area contributed by atoms with Crippen LogP contribution >= 0.6 is 0 Å². The van der Waals surface area contributed by atoms with E-state index < -0.39 is 0 Å². The van der Waals surface area contributed by atoms with Gasteiger partial charge in [0.15, 0.2) is 5.82 Å². The number of nitrogens with zero attached hydrogens (tertiary/aromatic N) is 5. The van der Waals surface area contributed by atoms with E-state index in [1.165, 1.54) is 0 Å². The molecule has 0 aliphatic rings. The Bertz CT molecular complexity index is 3370. The third-order valence-corrected chi connectivity index (χ3v) is 11.9. The first-order valence-electron chi connectivity index (χ1n) is 21.4. The summed E-state index contributed by atoms with van der Waals surface area (Å²) in [6.07, 6.45) is 0. The maximum Gasteiger partial charge on any atom is 0.160 e. The number of nitriles is 1. The summed E-state index contributed by atoms with van der Waals surface area (Å²) < 4.78 is 2.23. The van der Waals surface area contributed by atoms with Crippen LogP contribution in [0, 0.1) is 11.3 Å². The second-order valence-corrected chi connectivity index (χ2v) is 15.8. The van der Waals surface area contributed by atoms with Crippen molar-refractivity contribution in [3.05, 3.63) is 242 Å². The summed E-state index contributed by atoms with van der Waals surface area (Å²) in [4.78, 5) is 12.2. The Balaban J connectivity index is 0.902. The van der Waals surface area contributed by atoms with Crippen molar-refractivity contribution in [1.82, 2.24) is 14.5 Å². The molecule has 5 heteroatoms. The Labute approximate surface area is 372 Å². The van der Waals surface area contributed by atoms with Gasteiger partial charge in [-0.3, -0.25) is 0 Å². The predicted octanol–water partition coefficient (Wildman–Crippen LogP) is 15.3. The van der Waals surface area contributed by atoms with Crippen LogP contribution in [0.2, 0.25) is 0 Å². The van der Waals surface area contributed by atoms with Crippen molar-refractivity contribution in [2.75, 3.05) is 4.90 Å². The quantitative estimate of drug-likeness (QED) is 0.146. The molecule has 0 aliphatic carbocycles. The largest absolute Gasteiger partial charge is 0.310 e. The lowest BCUT2D eigenvalue weighted by atomic mass is 9.97. The average Bonchev–Trinajstić information content (AvgIpc) is 3.71. The molecule has 0 radical (unpaired) electrons. The molecule has 0 bridgehead atoms. The first kappa shape index (κ1) is 38.1. The second kappa shape index (κ2) is 16.5. The predicted molar refractivity (Wildman–Crippen MR) is 263 cm³/mol. The van der Waals surface area contributed by atoms with E-state index >= 15 is 0 Å². The van der Waals surface area contributed by atoms with Gasteiger partial charge in [-0.2, -0.15) is 5.26 Å². The molecule has 2 heterocycles. The zero-order valence-electron chi connectivity index (χ0n) is 34.8. The van der Waals surface area contributed by atoms with Gasteiger partial charge in [0.1, 0.15) is 6.07 Å². The lowest BCUT2D eigenvalue weighted by Gasteiger charge is -2.25. The van der Waals surface area contributed by atoms with Gasteiger partial charge in [0.25, 0.3) is 0 Å². The smallest absolute Gasteiger partial charge is 0.160 e. The molecule has 11 rings (SSSR count). The van der Waals surface area contributed by atoms with Crippen molar-refractivity contribution in [2.24, 2.45) is 0 Å². The molecular formula is C59H39N5. The van der Waals surface area contributed by atoms with Crippen molar-refractivity contribution in [3.8, 4) is 67.9 Å². The van der Waals surface area contributed by atoms with Gasteiger partial charge in [-0.25, -0.2) is 9.97 Å². The highest BCUT2D eigenvalue weighted by molar-refractivity contribution is 6.11. The number of anilines is 3. The van der Waals surface area contributed by atoms with Gasteiger partial charge in [0.05, 0.1) is 33.7 Å². The summed E-state index contributed by atoms with van der Waals surface area (Å²) in [5, 5.41) is 12.9. The highest BCUT2D eigenvalue weighted by Gasteiger charge is 2.19. The molecule has 9 aromatic carbocycles. The highest BCUT2D eigenvalue weighted by atomic mass is 15.1. The molecule has 0 atom stereocenters. The second-order valence-electron chi connectivity index (χ2n) is 15.8. The van der Waals surface area contributed by atoms with E-state index in [9.17, 15) is 5.26 Å². The Hall–Kier alpha value is -8.85. The van der Waals surface area contributed by atoms with Crippen LogP contribution in [0.3, 0.4) is 0 Å². The molecule has 0 amide bonds. The zero-order chi connectivity index (χ0) is 42.8. The van der Waals surface area contributed by atoms with Gasteiger partial charge in [-0.15, -0.1) is 0 Å². The molecule has 0 unspecified atom stereocenters. The van der Waals surface area contributed by atoms with Crippen LogP contribution in [0.4, 0.5) is 17.1 Å². The van der Waals surface area contributed by atoms with E-state index in [4.69, 9.17) is 9.97 Å². The number of para-hydroxylation sites is 3. The Morgan fingerprint density at radius 2 is 0.828 bits per heavy atom. The number of hydrogen-bond acceptors (Lipinski definition) is 4. The molecule has 0 saturated carbocycles. The summed E-state index contributed by atoms with van der Waals surface area (Å²) in [6.45, 7) is 0. The van der Waals surface area contributed by atoms with Gasteiger partial charge < -0.3 is 9.47 Å². The molecule has 64 heavy (non-hydrogen) atoms. The number of rotatable bonds is 9. The topological polar surface area (TPSA) is 57.7 Å². The lowest BCUT2D eigenvalue weighted by Crippen LogP contribution is -2.09. The van der Waals surface area contributed by atoms with Crippen molar-refractivity contribution in [1.29, 1.82) is 5.26 Å². The van der Waals surface area contributed by atoms with Gasteiger partial charge >= 0.3 is 0 Å². The lowest BCUT2D eigenvalue weighted by molar-refractivity contribution is 1.17. The van der Waals surface area contributed by atoms with Crippen molar-refractivity contribution in [3.63, 3.8) is 0 Å². The SMILES string of the molecule is N#Cc1cc(-c2ccc(-c3ccc(-c4cc(-c5ccccc5)nc(-c5ccccc5)n4)cc3)cc2)ccc1-n1c2ccccc2c2cc(N(c3ccccc3)c3ccccc3)ccc21. The normalized spacial score (nSPS) is 11.1. The Kier molecular flexibility index (Phi) is 9.85. The monoisotopic (exact) mass is 817 g/mol. The summed E-state index contributed by atoms with van der Waals surface area (Å²) in [5.41, 5.74) is 15.8. The van der Waals surface area contributed by atoms with Crippen LogP contribution in [0.15, 0.2) is 237 Å². The van der Waals surface area contributed by atoms with Crippen LogP contribution < -0.4 is 4.90 Å². The fraction of sp³-hybridized carbons (Fsp3) is 0. The third-order valence-electron chi connectivity index (χ3n) is 11.9. The molecule has 0 saturated heterocycles. The van der Waals surface area contributed by atoms with Gasteiger partial charge in [-0.1, -0.05) is 170 Å². The molecule has 0 aliphatic heterocycles. The van der Waals surface area contributed by atoms with E-state index in [2.05, 4.69) is 185 Å². The minimum atomic E-state index is 0.606. The third kappa shape index (κ3) is 7.15. The molecule has 0 fully saturated rings. The zero-order valence-corrected chi connectivity index (χ0v) is 34.8. The van der Waals surface area contributed by atoms with Gasteiger partial charge in [-0.05, 0) is 89.0 Å². The van der Waals surface area contributed by atoms with Crippen LogP contribution in [0.1, 0.15) is 5.56 Å². The molecule has 2 aromatic heterocycles. The summed E-state index contributed by atoms with van der Waals surface area (Å²) in [7, 11) is 0. The minimum Gasteiger partial charge on any atom is -0.310 e. The standard InChI is InChI=1S/C59H39N5/c60-40-48-37-47(33-35-56(48)64-57-24-14-13-23-52(57)53-38-51(34-36-58(53)64)63(49-19-9-3-10-20-49)50-21-11-4-12-22-50)43-27-25-41(26-28-43)42-29-31-45(32-30-42)55-39-54(44-15-5-1-6-16-44)61-59(62-55)46-17-7-2-8-18-46/h1-39H. The van der Waals surface area contributed by atoms with E-state index in [-0.39, 0.29) is 0 Å². The van der Waals surface area contributed by atoms with Gasteiger partial charge in [0.2, 0.25) is 0 Å². The molecule has 0 N–H and O–H groups in total. The van der Waals surface area contributed by atoms with Crippen LogP contribution in [0.5, 0.6) is 0 Å². The Morgan fingerprint density at radius 1 is 0.359 bits per heavy atom. The van der Waals surface area contributed by atoms with Crippen LogP contribution in [0.25, 0.3) is 83.6 Å². The molecule has 0 spiro atoms. The number of aromatic nitrogens is 3. The summed E-state index contributed by atoms with van der Waals surface area (Å²) in [6, 6.07) is 84.3. The molecule has 11 aromatic rings. The van der Waals surface area contributed by atoms with Crippen molar-refractivity contribution < 1.29 is 0 Å². The molecule has 5 nitrogen and oxygen atoms in total. The molecule has 300 valence electrons. The Morgan fingerprint density at radius 3 is 1.42 bits per heavy atom. The maximum atomic E-state index is 10.7. The van der Waals surface area contributed by atoms with Crippen LogP contribution in [-0.4, -0.2) is 14.5 Å². The van der Waals surface area contributed by atoms with Gasteiger partial charge in [0, 0.05) is 44.5 Å². The fourth-order valence-electron chi connectivity index (χ4n) is 8.72. The molecular weight excluding hydrogens is 779 g/mol. The van der Waals surface area contributed by atoms with E-state index in [1.54, 1.807) is 0 Å². The number of fused-ring (bicyclic) bond motifs is 3. The first-order chi connectivity index (χ1) is 31.7. The maximum absolute atomic E-state index is 10.7. The number of benzene rings is 9. The highest BCUT2D eigenvalue weighted by Crippen LogP contribution is 2.40. The van der Waals surface area contributed by atoms with E-state index in [1.807, 2.05) is 66.7 Å².